The van der Waals surface area contributed by atoms with Crippen LogP contribution in [0.4, 0.5) is 5.82 Å². The molecule has 1 aromatic carbocycles. The minimum Gasteiger partial charge on any atom is -0.507 e. The number of phenols is 1. The second-order valence-corrected chi connectivity index (χ2v) is 10.3. The van der Waals surface area contributed by atoms with E-state index < -0.39 is 0 Å². The Labute approximate surface area is 206 Å². The van der Waals surface area contributed by atoms with Gasteiger partial charge in [-0.3, -0.25) is 0 Å². The molecule has 0 radical (unpaired) electrons. The summed E-state index contributed by atoms with van der Waals surface area (Å²) in [6, 6.07) is 11.4. The van der Waals surface area contributed by atoms with Crippen LogP contribution in [0.3, 0.4) is 0 Å². The van der Waals surface area contributed by atoms with Crippen molar-refractivity contribution in [3.05, 3.63) is 42.7 Å². The number of ether oxygens (including phenoxy) is 1. The fraction of sp³-hybridized carbons (Fsp3) is 0.519. The van der Waals surface area contributed by atoms with E-state index in [4.69, 9.17) is 4.74 Å². The molecule has 6 rings (SSSR count). The van der Waals surface area contributed by atoms with Gasteiger partial charge in [-0.1, -0.05) is 12.5 Å². The maximum Gasteiger partial charge on any atom is 0.151 e. The normalized spacial score (nSPS) is 26.4. The van der Waals surface area contributed by atoms with Crippen molar-refractivity contribution in [1.82, 2.24) is 25.3 Å². The lowest BCUT2D eigenvalue weighted by atomic mass is 9.83. The van der Waals surface area contributed by atoms with Crippen LogP contribution in [0.1, 0.15) is 57.6 Å². The fourth-order valence-electron chi connectivity index (χ4n) is 5.90. The first-order valence-corrected chi connectivity index (χ1v) is 13.0. The molecule has 3 atom stereocenters. The van der Waals surface area contributed by atoms with Crippen molar-refractivity contribution in [2.24, 2.45) is 0 Å². The van der Waals surface area contributed by atoms with E-state index in [9.17, 15) is 5.11 Å². The van der Waals surface area contributed by atoms with E-state index in [-0.39, 0.29) is 12.0 Å². The molecule has 0 spiro atoms. The van der Waals surface area contributed by atoms with Crippen molar-refractivity contribution in [1.29, 1.82) is 0 Å². The Balaban J connectivity index is 1.16. The van der Waals surface area contributed by atoms with Gasteiger partial charge in [0.25, 0.3) is 0 Å². The summed E-state index contributed by atoms with van der Waals surface area (Å²) in [4.78, 5) is 2.28. The lowest BCUT2D eigenvalue weighted by Gasteiger charge is -2.43. The Kier molecular flexibility index (Phi) is 6.16. The molecule has 8 heteroatoms. The zero-order valence-corrected chi connectivity index (χ0v) is 20.3. The van der Waals surface area contributed by atoms with Gasteiger partial charge in [0.2, 0.25) is 0 Å². The fourth-order valence-corrected chi connectivity index (χ4v) is 5.90. The van der Waals surface area contributed by atoms with Crippen LogP contribution in [-0.2, 0) is 4.74 Å². The number of nitrogens with one attached hydrogen (secondary N) is 1. The molecule has 2 aromatic heterocycles. The number of hydrogen-bond acceptors (Lipinski definition) is 7. The number of hydrogen-bond donors (Lipinski definition) is 2. The number of fused-ring (bicyclic) bond motifs is 2. The minimum absolute atomic E-state index is 0.00164. The van der Waals surface area contributed by atoms with Crippen LogP contribution in [0.2, 0.25) is 0 Å². The SMILES string of the molecule is CN(c1ccc(-c2ccc(-c3cnn(C4CCCCO4)c3)cc2O)nn1)C1CC2CCCC(C1)N2. The molecule has 3 saturated heterocycles. The Bertz CT molecular complexity index is 1140. The third-order valence-corrected chi connectivity index (χ3v) is 7.91. The minimum atomic E-state index is 0.00164. The highest BCUT2D eigenvalue weighted by atomic mass is 16.5. The molecule has 35 heavy (non-hydrogen) atoms. The number of benzene rings is 1. The maximum atomic E-state index is 10.8. The standard InChI is InChI=1S/C27H34N6O2/c1-32(22-14-20-5-4-6-21(15-22)29-20)26-11-10-24(30-31-26)23-9-8-18(13-25(23)34)19-16-28-33(17-19)27-7-2-3-12-35-27/h8-11,13,16-17,20-22,27,29,34H,2-7,12,14-15H2,1H3. The van der Waals surface area contributed by atoms with E-state index in [0.717, 1.165) is 55.7 Å². The summed E-state index contributed by atoms with van der Waals surface area (Å²) >= 11 is 0. The van der Waals surface area contributed by atoms with Gasteiger partial charge < -0.3 is 20.1 Å². The van der Waals surface area contributed by atoms with Gasteiger partial charge in [-0.05, 0) is 74.8 Å². The summed E-state index contributed by atoms with van der Waals surface area (Å²) < 4.78 is 7.71. The summed E-state index contributed by atoms with van der Waals surface area (Å²) in [5.74, 6) is 1.07. The van der Waals surface area contributed by atoms with Gasteiger partial charge >= 0.3 is 0 Å². The van der Waals surface area contributed by atoms with Crippen molar-refractivity contribution >= 4 is 5.82 Å². The van der Waals surface area contributed by atoms with Gasteiger partial charge in [0.15, 0.2) is 5.82 Å². The first kappa shape index (κ1) is 22.5. The van der Waals surface area contributed by atoms with Crippen LogP contribution < -0.4 is 10.2 Å². The molecule has 3 aliphatic heterocycles. The zero-order chi connectivity index (χ0) is 23.8. The quantitative estimate of drug-likeness (QED) is 0.562. The number of phenolic OH excluding ortho intramolecular Hbond substituents is 1. The van der Waals surface area contributed by atoms with E-state index in [1.807, 2.05) is 41.3 Å². The maximum absolute atomic E-state index is 10.8. The Hall–Kier alpha value is -2.97. The Morgan fingerprint density at radius 1 is 1.00 bits per heavy atom. The molecule has 3 unspecified atom stereocenters. The number of rotatable bonds is 5. The Morgan fingerprint density at radius 3 is 2.57 bits per heavy atom. The molecule has 5 heterocycles. The third kappa shape index (κ3) is 4.65. The lowest BCUT2D eigenvalue weighted by molar-refractivity contribution is -0.0394. The molecule has 184 valence electrons. The topological polar surface area (TPSA) is 88.3 Å². The van der Waals surface area contributed by atoms with Gasteiger partial charge in [0.1, 0.15) is 12.0 Å². The number of aromatic nitrogens is 4. The second kappa shape index (κ2) is 9.59. The Morgan fingerprint density at radius 2 is 1.86 bits per heavy atom. The molecule has 3 aliphatic rings. The predicted octanol–water partition coefficient (Wildman–Crippen LogP) is 4.52. The zero-order valence-electron chi connectivity index (χ0n) is 20.3. The summed E-state index contributed by atoms with van der Waals surface area (Å²) in [5, 5.41) is 28.0. The highest BCUT2D eigenvalue weighted by molar-refractivity contribution is 5.74. The second-order valence-electron chi connectivity index (χ2n) is 10.3. The van der Waals surface area contributed by atoms with E-state index in [0.29, 0.717) is 29.4 Å². The van der Waals surface area contributed by atoms with Crippen LogP contribution in [0.15, 0.2) is 42.7 Å². The molecule has 0 amide bonds. The van der Waals surface area contributed by atoms with Crippen LogP contribution in [0.25, 0.3) is 22.4 Å². The summed E-state index contributed by atoms with van der Waals surface area (Å²) in [5.41, 5.74) is 3.21. The summed E-state index contributed by atoms with van der Waals surface area (Å²) in [6.45, 7) is 0.782. The molecule has 0 saturated carbocycles. The molecule has 3 aromatic rings. The van der Waals surface area contributed by atoms with Crippen molar-refractivity contribution < 1.29 is 9.84 Å². The van der Waals surface area contributed by atoms with E-state index in [2.05, 4.69) is 32.6 Å². The molecular weight excluding hydrogens is 440 g/mol. The van der Waals surface area contributed by atoms with Gasteiger partial charge in [0, 0.05) is 49.1 Å². The molecule has 0 aliphatic carbocycles. The summed E-state index contributed by atoms with van der Waals surface area (Å²) in [6.07, 6.45) is 13.3. The first-order valence-electron chi connectivity index (χ1n) is 13.0. The van der Waals surface area contributed by atoms with Crippen molar-refractivity contribution in [3.8, 4) is 28.1 Å². The van der Waals surface area contributed by atoms with Crippen LogP contribution in [-0.4, -0.2) is 56.9 Å². The average molecular weight is 475 g/mol. The van der Waals surface area contributed by atoms with Crippen molar-refractivity contribution in [2.45, 2.75) is 75.7 Å². The van der Waals surface area contributed by atoms with Gasteiger partial charge in [-0.25, -0.2) is 4.68 Å². The number of anilines is 1. The van der Waals surface area contributed by atoms with Crippen LogP contribution in [0.5, 0.6) is 5.75 Å². The number of aromatic hydroxyl groups is 1. The van der Waals surface area contributed by atoms with Crippen LogP contribution in [0, 0.1) is 0 Å². The van der Waals surface area contributed by atoms with Crippen LogP contribution >= 0.6 is 0 Å². The van der Waals surface area contributed by atoms with Gasteiger partial charge in [0.05, 0.1) is 11.9 Å². The third-order valence-electron chi connectivity index (χ3n) is 7.91. The molecule has 2 N–H and O–H groups in total. The molecule has 3 fully saturated rings. The van der Waals surface area contributed by atoms with Crippen molar-refractivity contribution in [3.63, 3.8) is 0 Å². The predicted molar refractivity (Wildman–Crippen MR) is 135 cm³/mol. The van der Waals surface area contributed by atoms with Gasteiger partial charge in [-0.2, -0.15) is 5.10 Å². The molecule has 2 bridgehead atoms. The summed E-state index contributed by atoms with van der Waals surface area (Å²) in [7, 11) is 2.13. The average Bonchev–Trinajstić information content (AvgIpc) is 3.39. The van der Waals surface area contributed by atoms with E-state index in [1.165, 1.54) is 19.3 Å². The molecular formula is C27H34N6O2. The highest BCUT2D eigenvalue weighted by Gasteiger charge is 2.33. The van der Waals surface area contributed by atoms with Gasteiger partial charge in [-0.15, -0.1) is 10.2 Å². The molecule has 8 nitrogen and oxygen atoms in total. The number of nitrogens with zero attached hydrogens (tertiary/aromatic N) is 5. The van der Waals surface area contributed by atoms with Crippen molar-refractivity contribution in [2.75, 3.05) is 18.6 Å². The van der Waals surface area contributed by atoms with E-state index >= 15 is 0 Å². The highest BCUT2D eigenvalue weighted by Crippen LogP contribution is 2.34. The largest absolute Gasteiger partial charge is 0.507 e. The number of piperidine rings is 2. The lowest BCUT2D eigenvalue weighted by Crippen LogP contribution is -2.54. The first-order chi connectivity index (χ1) is 17.1. The monoisotopic (exact) mass is 474 g/mol. The smallest absolute Gasteiger partial charge is 0.151 e. The van der Waals surface area contributed by atoms with E-state index in [1.54, 1.807) is 6.07 Å².